The first kappa shape index (κ1) is 29.2. The molecule has 0 unspecified atom stereocenters. The highest BCUT2D eigenvalue weighted by Gasteiger charge is 2.34. The lowest BCUT2D eigenvalue weighted by atomic mass is 9.95. The molecule has 2 heterocycles. The van der Waals surface area contributed by atoms with Gasteiger partial charge in [0.1, 0.15) is 12.4 Å². The molecule has 0 aliphatic carbocycles. The monoisotopic (exact) mass is 604 g/mol. The molecule has 1 aliphatic rings. The topological polar surface area (TPSA) is 88.4 Å². The van der Waals surface area contributed by atoms with Crippen molar-refractivity contribution in [3.05, 3.63) is 119 Å². The molecule has 8 nitrogen and oxygen atoms in total. The van der Waals surface area contributed by atoms with Gasteiger partial charge < -0.3 is 18.9 Å². The predicted molar refractivity (Wildman–Crippen MR) is 162 cm³/mol. The highest BCUT2D eigenvalue weighted by atomic mass is 35.5. The van der Waals surface area contributed by atoms with E-state index in [1.807, 2.05) is 30.3 Å². The molecule has 4 aromatic rings. The van der Waals surface area contributed by atoms with Crippen molar-refractivity contribution in [3.8, 4) is 17.2 Å². The molecule has 0 fully saturated rings. The lowest BCUT2D eigenvalue weighted by Gasteiger charge is -2.25. The minimum absolute atomic E-state index is 0.180. The maximum atomic E-state index is 14.1. The Labute approximate surface area is 251 Å². The molecule has 0 saturated carbocycles. The van der Waals surface area contributed by atoms with Gasteiger partial charge in [0.2, 0.25) is 0 Å². The van der Waals surface area contributed by atoms with Crippen molar-refractivity contribution < 1.29 is 23.7 Å². The summed E-state index contributed by atoms with van der Waals surface area (Å²) in [5, 5.41) is 0.504. The van der Waals surface area contributed by atoms with Crippen LogP contribution in [0, 0.1) is 0 Å². The zero-order valence-corrected chi connectivity index (χ0v) is 25.1. The number of halogens is 1. The number of fused-ring (bicyclic) bond motifs is 1. The second-order valence-corrected chi connectivity index (χ2v) is 10.8. The number of ether oxygens (including phenoxy) is 4. The van der Waals surface area contributed by atoms with Gasteiger partial charge in [0.25, 0.3) is 5.56 Å². The molecule has 3 aromatic carbocycles. The van der Waals surface area contributed by atoms with Crippen molar-refractivity contribution in [1.82, 2.24) is 4.57 Å². The lowest BCUT2D eigenvalue weighted by Crippen LogP contribution is -2.40. The van der Waals surface area contributed by atoms with Gasteiger partial charge in [0, 0.05) is 10.6 Å². The average molecular weight is 605 g/mol. The van der Waals surface area contributed by atoms with Crippen molar-refractivity contribution in [1.29, 1.82) is 0 Å². The van der Waals surface area contributed by atoms with Crippen LogP contribution < -0.4 is 29.1 Å². The van der Waals surface area contributed by atoms with Gasteiger partial charge in [-0.05, 0) is 61.4 Å². The van der Waals surface area contributed by atoms with Crippen molar-refractivity contribution in [2.24, 2.45) is 4.99 Å². The fourth-order valence-corrected chi connectivity index (χ4v) is 5.99. The Kier molecular flexibility index (Phi) is 8.80. The van der Waals surface area contributed by atoms with E-state index < -0.39 is 12.0 Å². The van der Waals surface area contributed by atoms with Crippen molar-refractivity contribution in [3.63, 3.8) is 0 Å². The third kappa shape index (κ3) is 5.84. The van der Waals surface area contributed by atoms with E-state index in [2.05, 4.69) is 4.99 Å². The molecule has 1 aliphatic heterocycles. The van der Waals surface area contributed by atoms with Gasteiger partial charge >= 0.3 is 5.97 Å². The van der Waals surface area contributed by atoms with Gasteiger partial charge in [-0.1, -0.05) is 59.3 Å². The third-order valence-corrected chi connectivity index (χ3v) is 7.95. The Hall–Kier alpha value is -4.34. The molecule has 0 spiro atoms. The molecular weight excluding hydrogens is 576 g/mol. The van der Waals surface area contributed by atoms with Crippen LogP contribution in [0.3, 0.4) is 0 Å². The number of methoxy groups -OCH3 is 2. The van der Waals surface area contributed by atoms with E-state index >= 15 is 0 Å². The third-order valence-electron chi connectivity index (χ3n) is 6.74. The molecule has 0 radical (unpaired) electrons. The SMILES string of the molecule is CCOC(=O)C1=C(C)N=c2s/c(=C\c3cc(Cl)ccc3OCc3ccccc3)c(=O)n2[C@@H]1c1ccc(OC)c(OC)c1. The van der Waals surface area contributed by atoms with E-state index in [-0.39, 0.29) is 17.7 Å². The summed E-state index contributed by atoms with van der Waals surface area (Å²) in [7, 11) is 3.07. The van der Waals surface area contributed by atoms with Crippen LogP contribution in [0.1, 0.15) is 36.6 Å². The first-order valence-electron chi connectivity index (χ1n) is 13.2. The number of carbonyl (C=O) groups excluding carboxylic acids is 1. The van der Waals surface area contributed by atoms with Crippen LogP contribution >= 0.6 is 22.9 Å². The first-order chi connectivity index (χ1) is 20.3. The van der Waals surface area contributed by atoms with Gasteiger partial charge in [-0.3, -0.25) is 9.36 Å². The van der Waals surface area contributed by atoms with Gasteiger partial charge in [-0.2, -0.15) is 0 Å². The summed E-state index contributed by atoms with van der Waals surface area (Å²) < 4.78 is 24.4. The highest BCUT2D eigenvalue weighted by molar-refractivity contribution is 7.07. The molecular formula is C32H29ClN2O6S. The quantitative estimate of drug-likeness (QED) is 0.249. The predicted octanol–water partition coefficient (Wildman–Crippen LogP) is 5.05. The standard InChI is InChI=1S/C32H29ClN2O6S/c1-5-40-31(37)28-19(2)34-32-35(29(28)21-11-13-25(38-3)26(16-21)39-4)30(36)27(42-32)17-22-15-23(33)12-14-24(22)41-18-20-9-7-6-8-10-20/h6-17,29H,5,18H2,1-4H3/b27-17-/t29-/m1/s1. The summed E-state index contributed by atoms with van der Waals surface area (Å²) in [4.78, 5) is 32.4. The Morgan fingerprint density at radius 3 is 2.48 bits per heavy atom. The maximum absolute atomic E-state index is 14.1. The molecule has 216 valence electrons. The largest absolute Gasteiger partial charge is 0.493 e. The minimum Gasteiger partial charge on any atom is -0.493 e. The van der Waals surface area contributed by atoms with Crippen molar-refractivity contribution in [2.45, 2.75) is 26.5 Å². The maximum Gasteiger partial charge on any atom is 0.338 e. The Morgan fingerprint density at radius 1 is 1.02 bits per heavy atom. The summed E-state index contributed by atoms with van der Waals surface area (Å²) in [6.45, 7) is 4.01. The molecule has 0 bridgehead atoms. The Morgan fingerprint density at radius 2 is 1.76 bits per heavy atom. The number of benzene rings is 3. The number of esters is 1. The molecule has 0 amide bonds. The number of thiazole rings is 1. The fourth-order valence-electron chi connectivity index (χ4n) is 4.77. The molecule has 1 aromatic heterocycles. The van der Waals surface area contributed by atoms with Crippen LogP contribution in [-0.2, 0) is 16.1 Å². The average Bonchev–Trinajstić information content (AvgIpc) is 3.30. The number of nitrogens with zero attached hydrogens (tertiary/aromatic N) is 2. The lowest BCUT2D eigenvalue weighted by molar-refractivity contribution is -0.139. The van der Waals surface area contributed by atoms with Crippen LogP contribution in [0.5, 0.6) is 17.2 Å². The number of hydrogen-bond acceptors (Lipinski definition) is 8. The van der Waals surface area contributed by atoms with Gasteiger partial charge in [-0.25, -0.2) is 9.79 Å². The molecule has 1 atom stereocenters. The van der Waals surface area contributed by atoms with Crippen LogP contribution in [0.15, 0.2) is 87.8 Å². The van der Waals surface area contributed by atoms with E-state index in [0.717, 1.165) is 5.56 Å². The van der Waals surface area contributed by atoms with E-state index in [9.17, 15) is 9.59 Å². The zero-order chi connectivity index (χ0) is 29.8. The summed E-state index contributed by atoms with van der Waals surface area (Å²) >= 11 is 7.57. The number of allylic oxidation sites excluding steroid dienone is 1. The molecule has 0 saturated heterocycles. The van der Waals surface area contributed by atoms with Crippen LogP contribution in [0.2, 0.25) is 5.02 Å². The second kappa shape index (κ2) is 12.7. The molecule has 42 heavy (non-hydrogen) atoms. The van der Waals surface area contributed by atoms with Crippen LogP contribution in [0.25, 0.3) is 6.08 Å². The van der Waals surface area contributed by atoms with Crippen molar-refractivity contribution >= 4 is 35.0 Å². The van der Waals surface area contributed by atoms with Gasteiger partial charge in [-0.15, -0.1) is 0 Å². The summed E-state index contributed by atoms with van der Waals surface area (Å²) in [6.07, 6.45) is 1.74. The number of carbonyl (C=O) groups is 1. The van der Waals surface area contributed by atoms with Gasteiger partial charge in [0.15, 0.2) is 16.3 Å². The smallest absolute Gasteiger partial charge is 0.338 e. The second-order valence-electron chi connectivity index (χ2n) is 9.37. The van der Waals surface area contributed by atoms with Crippen molar-refractivity contribution in [2.75, 3.05) is 20.8 Å². The van der Waals surface area contributed by atoms with E-state index in [1.165, 1.54) is 23.0 Å². The number of hydrogen-bond donors (Lipinski definition) is 0. The van der Waals surface area contributed by atoms with Crippen LogP contribution in [0.4, 0.5) is 0 Å². The van der Waals surface area contributed by atoms with E-state index in [1.54, 1.807) is 63.4 Å². The zero-order valence-electron chi connectivity index (χ0n) is 23.5. The number of rotatable bonds is 9. The Balaban J connectivity index is 1.65. The molecule has 0 N–H and O–H groups in total. The Bertz CT molecular complexity index is 1840. The van der Waals surface area contributed by atoms with Crippen LogP contribution in [-0.4, -0.2) is 31.4 Å². The number of aromatic nitrogens is 1. The molecule has 10 heteroatoms. The molecule has 5 rings (SSSR count). The van der Waals surface area contributed by atoms with E-state index in [0.29, 0.717) is 55.0 Å². The summed E-state index contributed by atoms with van der Waals surface area (Å²) in [5.41, 5.74) is 2.73. The summed E-state index contributed by atoms with van der Waals surface area (Å²) in [6, 6.07) is 19.6. The summed E-state index contributed by atoms with van der Waals surface area (Å²) in [5.74, 6) is 1.03. The minimum atomic E-state index is -0.796. The first-order valence-corrected chi connectivity index (χ1v) is 14.4. The highest BCUT2D eigenvalue weighted by Crippen LogP contribution is 2.36. The van der Waals surface area contributed by atoms with Gasteiger partial charge in [0.05, 0.1) is 42.7 Å². The fraction of sp³-hybridized carbons (Fsp3) is 0.219. The normalized spacial score (nSPS) is 14.7. The van der Waals surface area contributed by atoms with E-state index in [4.69, 9.17) is 30.5 Å².